The summed E-state index contributed by atoms with van der Waals surface area (Å²) in [4.78, 5) is 64.8. The van der Waals surface area contributed by atoms with E-state index in [2.05, 4.69) is 10.6 Å². The van der Waals surface area contributed by atoms with Crippen LogP contribution in [0.5, 0.6) is 28.7 Å². The Hall–Kier alpha value is -8.77. The van der Waals surface area contributed by atoms with E-state index in [0.717, 1.165) is 10.8 Å². The largest absolute Gasteiger partial charge is 0.508 e. The molecule has 2 amide bonds. The summed E-state index contributed by atoms with van der Waals surface area (Å²) >= 11 is 0. The van der Waals surface area contributed by atoms with Gasteiger partial charge in [-0.25, -0.2) is 14.4 Å². The second-order valence-corrected chi connectivity index (χ2v) is 13.9. The van der Waals surface area contributed by atoms with E-state index in [1.165, 1.54) is 24.3 Å². The van der Waals surface area contributed by atoms with Crippen LogP contribution >= 0.6 is 0 Å². The number of carbonyl (C=O) groups is 5. The van der Waals surface area contributed by atoms with Crippen LogP contribution in [0, 0.1) is 0 Å². The second-order valence-electron chi connectivity index (χ2n) is 13.9. The molecule has 0 fully saturated rings. The summed E-state index contributed by atoms with van der Waals surface area (Å²) in [7, 11) is 1.56. The molecular formula is C50H34N2O10. The summed E-state index contributed by atoms with van der Waals surface area (Å²) < 4.78 is 21.8. The summed E-state index contributed by atoms with van der Waals surface area (Å²) in [5.74, 6) is -1.05. The van der Waals surface area contributed by atoms with Gasteiger partial charge in [0.15, 0.2) is 0 Å². The standard InChI is InChI=1S/C50H34N2O10/c1-59-42-21-13-39(14-22-42)51-46(54)30-10-18-43(19-11-30)60-49(57)38-8-6-34-29-45(20-12-32(34)26-38)62-48(56)36-4-2-3-35(27-36)47(55)52-40-15-23-44(24-16-40)61-50(58)37-7-5-33-28-41(53)17-9-31(33)25-37/h2-29,53H,1H3,(H,51,54)(H,52,55). The van der Waals surface area contributed by atoms with Crippen LogP contribution in [0.1, 0.15) is 51.8 Å². The van der Waals surface area contributed by atoms with Gasteiger partial charge in [-0.1, -0.05) is 30.3 Å². The number of rotatable bonds is 11. The van der Waals surface area contributed by atoms with E-state index in [4.69, 9.17) is 18.9 Å². The van der Waals surface area contributed by atoms with E-state index in [9.17, 15) is 29.1 Å². The van der Waals surface area contributed by atoms with E-state index in [1.54, 1.807) is 153 Å². The first-order valence-electron chi connectivity index (χ1n) is 19.1. The van der Waals surface area contributed by atoms with E-state index in [1.807, 2.05) is 0 Å². The Morgan fingerprint density at radius 3 is 1.37 bits per heavy atom. The highest BCUT2D eigenvalue weighted by atomic mass is 16.5. The van der Waals surface area contributed by atoms with Crippen LogP contribution in [-0.2, 0) is 0 Å². The molecule has 0 radical (unpaired) electrons. The van der Waals surface area contributed by atoms with Crippen LogP contribution in [0.25, 0.3) is 21.5 Å². The lowest BCUT2D eigenvalue weighted by Gasteiger charge is -2.10. The summed E-state index contributed by atoms with van der Waals surface area (Å²) in [5, 5.41) is 18.2. The molecule has 0 saturated carbocycles. The predicted octanol–water partition coefficient (Wildman–Crippen LogP) is 9.87. The summed E-state index contributed by atoms with van der Waals surface area (Å²) in [6.45, 7) is 0. The highest BCUT2D eigenvalue weighted by molar-refractivity contribution is 6.06. The first-order valence-corrected chi connectivity index (χ1v) is 19.1. The van der Waals surface area contributed by atoms with Gasteiger partial charge < -0.3 is 34.7 Å². The Balaban J connectivity index is 0.841. The summed E-state index contributed by atoms with van der Waals surface area (Å²) in [6, 6.07) is 45.2. The van der Waals surface area contributed by atoms with Crippen LogP contribution in [0.4, 0.5) is 11.4 Å². The number of carbonyl (C=O) groups excluding carboxylic acids is 5. The van der Waals surface area contributed by atoms with E-state index in [0.29, 0.717) is 44.6 Å². The number of hydrogen-bond donors (Lipinski definition) is 3. The number of ether oxygens (including phenoxy) is 4. The molecule has 0 saturated heterocycles. The number of fused-ring (bicyclic) bond motifs is 2. The number of nitrogens with one attached hydrogen (secondary N) is 2. The van der Waals surface area contributed by atoms with Crippen molar-refractivity contribution in [3.8, 4) is 28.7 Å². The fourth-order valence-electron chi connectivity index (χ4n) is 6.42. The Kier molecular flexibility index (Phi) is 11.4. The topological polar surface area (TPSA) is 167 Å². The fourth-order valence-corrected chi connectivity index (χ4v) is 6.42. The molecule has 0 aliphatic heterocycles. The molecule has 304 valence electrons. The van der Waals surface area contributed by atoms with Crippen LogP contribution in [0.3, 0.4) is 0 Å². The highest BCUT2D eigenvalue weighted by Gasteiger charge is 2.16. The minimum absolute atomic E-state index is 0.131. The number of phenols is 1. The van der Waals surface area contributed by atoms with Crippen molar-refractivity contribution < 1.29 is 48.0 Å². The van der Waals surface area contributed by atoms with Crippen molar-refractivity contribution in [2.75, 3.05) is 17.7 Å². The van der Waals surface area contributed by atoms with E-state index < -0.39 is 23.8 Å². The average molecular weight is 823 g/mol. The van der Waals surface area contributed by atoms with Crippen molar-refractivity contribution in [2.45, 2.75) is 0 Å². The lowest BCUT2D eigenvalue weighted by molar-refractivity contribution is 0.0725. The molecular weight excluding hydrogens is 789 g/mol. The van der Waals surface area contributed by atoms with Gasteiger partial charge in [0.25, 0.3) is 11.8 Å². The minimum atomic E-state index is -0.681. The van der Waals surface area contributed by atoms with Gasteiger partial charge in [0.05, 0.1) is 23.8 Å². The first-order chi connectivity index (χ1) is 30.1. The SMILES string of the molecule is COc1ccc(NC(=O)c2ccc(OC(=O)c3ccc4cc(OC(=O)c5cccc(C(=O)Nc6ccc(OC(=O)c7ccc8cc(O)ccc8c7)cc6)c5)ccc4c3)cc2)cc1. The molecule has 3 N–H and O–H groups in total. The predicted molar refractivity (Wildman–Crippen MR) is 233 cm³/mol. The number of esters is 3. The third-order valence-corrected chi connectivity index (χ3v) is 9.68. The molecule has 8 aromatic carbocycles. The minimum Gasteiger partial charge on any atom is -0.508 e. The molecule has 0 aliphatic carbocycles. The third-order valence-electron chi connectivity index (χ3n) is 9.68. The number of hydrogen-bond acceptors (Lipinski definition) is 10. The molecule has 8 rings (SSSR count). The van der Waals surface area contributed by atoms with Gasteiger partial charge in [-0.2, -0.15) is 0 Å². The normalized spacial score (nSPS) is 10.7. The van der Waals surface area contributed by atoms with Crippen molar-refractivity contribution in [3.63, 3.8) is 0 Å². The Morgan fingerprint density at radius 1 is 0.387 bits per heavy atom. The average Bonchev–Trinajstić information content (AvgIpc) is 3.29. The number of anilines is 2. The zero-order valence-electron chi connectivity index (χ0n) is 32.8. The monoisotopic (exact) mass is 822 g/mol. The molecule has 0 heterocycles. The Labute approximate surface area is 353 Å². The number of benzene rings is 8. The third kappa shape index (κ3) is 9.41. The van der Waals surface area contributed by atoms with Gasteiger partial charge in [0.1, 0.15) is 28.7 Å². The summed E-state index contributed by atoms with van der Waals surface area (Å²) in [6.07, 6.45) is 0. The van der Waals surface area contributed by atoms with E-state index >= 15 is 0 Å². The van der Waals surface area contributed by atoms with Gasteiger partial charge in [-0.05, 0) is 161 Å². The molecule has 12 heteroatoms. The van der Waals surface area contributed by atoms with Crippen molar-refractivity contribution in [1.29, 1.82) is 0 Å². The number of methoxy groups -OCH3 is 1. The Morgan fingerprint density at radius 2 is 0.790 bits per heavy atom. The van der Waals surface area contributed by atoms with Crippen molar-refractivity contribution >= 4 is 62.6 Å². The maximum absolute atomic E-state index is 13.2. The molecule has 0 spiro atoms. The second kappa shape index (κ2) is 17.6. The van der Waals surface area contributed by atoms with Crippen LogP contribution in [-0.4, -0.2) is 41.9 Å². The molecule has 8 aromatic rings. The van der Waals surface area contributed by atoms with Crippen molar-refractivity contribution in [3.05, 3.63) is 198 Å². The maximum Gasteiger partial charge on any atom is 0.343 e. The lowest BCUT2D eigenvalue weighted by atomic mass is 10.1. The molecule has 0 unspecified atom stereocenters. The van der Waals surface area contributed by atoms with Crippen LogP contribution < -0.4 is 29.6 Å². The number of amides is 2. The molecule has 62 heavy (non-hydrogen) atoms. The molecule has 12 nitrogen and oxygen atoms in total. The summed E-state index contributed by atoms with van der Waals surface area (Å²) in [5.41, 5.74) is 2.41. The number of phenolic OH excluding ortho intramolecular Hbond substituents is 1. The zero-order valence-corrected chi connectivity index (χ0v) is 32.8. The molecule has 0 aromatic heterocycles. The quantitative estimate of drug-likeness (QED) is 0.0844. The fraction of sp³-hybridized carbons (Fsp3) is 0.0200. The van der Waals surface area contributed by atoms with Gasteiger partial charge >= 0.3 is 17.9 Å². The van der Waals surface area contributed by atoms with Crippen molar-refractivity contribution in [2.24, 2.45) is 0 Å². The smallest absolute Gasteiger partial charge is 0.343 e. The maximum atomic E-state index is 13.2. The molecule has 0 aliphatic rings. The Bertz CT molecular complexity index is 3020. The van der Waals surface area contributed by atoms with Gasteiger partial charge in [0, 0.05) is 22.5 Å². The highest BCUT2D eigenvalue weighted by Crippen LogP contribution is 2.26. The molecule has 0 bridgehead atoms. The van der Waals surface area contributed by atoms with Crippen LogP contribution in [0.15, 0.2) is 170 Å². The number of aromatic hydroxyl groups is 1. The lowest BCUT2D eigenvalue weighted by Crippen LogP contribution is -2.14. The van der Waals surface area contributed by atoms with Gasteiger partial charge in [-0.15, -0.1) is 0 Å². The van der Waals surface area contributed by atoms with Crippen LogP contribution in [0.2, 0.25) is 0 Å². The molecule has 0 atom stereocenters. The van der Waals surface area contributed by atoms with Gasteiger partial charge in [-0.3, -0.25) is 9.59 Å². The first kappa shape index (κ1) is 40.0. The van der Waals surface area contributed by atoms with Gasteiger partial charge in [0.2, 0.25) is 0 Å². The van der Waals surface area contributed by atoms with Crippen molar-refractivity contribution in [1.82, 2.24) is 0 Å². The van der Waals surface area contributed by atoms with E-state index in [-0.39, 0.29) is 40.0 Å². The zero-order chi connectivity index (χ0) is 43.2.